The highest BCUT2D eigenvalue weighted by molar-refractivity contribution is 7.99. The highest BCUT2D eigenvalue weighted by Crippen LogP contribution is 2.26. The van der Waals surface area contributed by atoms with Gasteiger partial charge in [0.15, 0.2) is 5.16 Å². The number of benzene rings is 1. The van der Waals surface area contributed by atoms with Gasteiger partial charge < -0.3 is 19.5 Å². The second-order valence-electron chi connectivity index (χ2n) is 5.51. The number of rotatable bonds is 7. The summed E-state index contributed by atoms with van der Waals surface area (Å²) >= 11 is 1.36. The molecule has 0 unspecified atom stereocenters. The van der Waals surface area contributed by atoms with Crippen molar-refractivity contribution in [3.8, 4) is 0 Å². The molecule has 0 saturated carbocycles. The van der Waals surface area contributed by atoms with E-state index in [0.29, 0.717) is 24.9 Å². The summed E-state index contributed by atoms with van der Waals surface area (Å²) in [6.07, 6.45) is 3.40. The molecule has 1 aromatic carbocycles. The smallest absolute Gasteiger partial charge is 0.234 e. The van der Waals surface area contributed by atoms with Crippen LogP contribution in [0.3, 0.4) is 0 Å². The molecule has 132 valence electrons. The van der Waals surface area contributed by atoms with E-state index in [1.807, 2.05) is 28.8 Å². The zero-order valence-corrected chi connectivity index (χ0v) is 14.7. The molecule has 25 heavy (non-hydrogen) atoms. The number of nitrogens with zero attached hydrogens (tertiary/aromatic N) is 4. The number of carbonyl (C=O) groups is 1. The summed E-state index contributed by atoms with van der Waals surface area (Å²) < 4.78 is 7.25. The number of para-hydroxylation sites is 2. The average molecular weight is 359 g/mol. The second-order valence-corrected chi connectivity index (χ2v) is 6.45. The van der Waals surface area contributed by atoms with Crippen LogP contribution in [-0.4, -0.2) is 52.7 Å². The van der Waals surface area contributed by atoms with Crippen LogP contribution in [-0.2, 0) is 16.1 Å². The first-order chi connectivity index (χ1) is 12.3. The van der Waals surface area contributed by atoms with Gasteiger partial charge in [0.2, 0.25) is 5.91 Å². The van der Waals surface area contributed by atoms with E-state index in [0.717, 1.165) is 24.5 Å². The molecule has 1 saturated heterocycles. The Hall–Kier alpha value is -2.32. The molecule has 2 heterocycles. The van der Waals surface area contributed by atoms with E-state index in [-0.39, 0.29) is 11.7 Å². The number of hydrogen-bond donors (Lipinski definition) is 1. The van der Waals surface area contributed by atoms with Crippen molar-refractivity contribution < 1.29 is 9.53 Å². The van der Waals surface area contributed by atoms with Crippen molar-refractivity contribution in [2.45, 2.75) is 11.7 Å². The second kappa shape index (κ2) is 8.68. The highest BCUT2D eigenvalue weighted by Gasteiger charge is 2.16. The zero-order chi connectivity index (χ0) is 17.5. The quantitative estimate of drug-likeness (QED) is 0.602. The maximum Gasteiger partial charge on any atom is 0.234 e. The molecule has 3 rings (SSSR count). The maximum absolute atomic E-state index is 12.4. The van der Waals surface area contributed by atoms with E-state index in [1.54, 1.807) is 12.4 Å². The molecule has 1 amide bonds. The molecule has 0 aliphatic carbocycles. The number of amides is 1. The van der Waals surface area contributed by atoms with Gasteiger partial charge in [-0.1, -0.05) is 30.0 Å². The summed E-state index contributed by atoms with van der Waals surface area (Å²) in [5.74, 6) is 0.201. The fourth-order valence-electron chi connectivity index (χ4n) is 2.60. The van der Waals surface area contributed by atoms with Gasteiger partial charge in [-0.2, -0.15) is 0 Å². The molecule has 0 spiro atoms. The Labute approximate surface area is 151 Å². The fraction of sp³-hybridized carbons (Fsp3) is 0.353. The van der Waals surface area contributed by atoms with E-state index in [1.165, 1.54) is 11.8 Å². The van der Waals surface area contributed by atoms with Crippen LogP contribution in [0.2, 0.25) is 0 Å². The van der Waals surface area contributed by atoms with Crippen molar-refractivity contribution in [2.24, 2.45) is 0 Å². The fourth-order valence-corrected chi connectivity index (χ4v) is 3.32. The Balaban J connectivity index is 1.61. The van der Waals surface area contributed by atoms with E-state index >= 15 is 0 Å². The van der Waals surface area contributed by atoms with Crippen LogP contribution in [0.5, 0.6) is 0 Å². The van der Waals surface area contributed by atoms with Gasteiger partial charge in [-0.05, 0) is 12.1 Å². The van der Waals surface area contributed by atoms with Crippen LogP contribution in [0, 0.1) is 0 Å². The van der Waals surface area contributed by atoms with E-state index in [2.05, 4.69) is 27.0 Å². The zero-order valence-electron chi connectivity index (χ0n) is 13.9. The van der Waals surface area contributed by atoms with E-state index in [9.17, 15) is 4.79 Å². The standard InChI is InChI=1S/C17H21N5O2S/c1-2-7-22-13-18-20-17(22)25-12-16(23)19-14-5-3-4-6-15(14)21-8-10-24-11-9-21/h2-6,13H,1,7-12H2,(H,19,23). The average Bonchev–Trinajstić information content (AvgIpc) is 3.09. The number of carbonyl (C=O) groups excluding carboxylic acids is 1. The minimum absolute atomic E-state index is 0.0705. The maximum atomic E-state index is 12.4. The van der Waals surface area contributed by atoms with Crippen LogP contribution >= 0.6 is 11.8 Å². The molecule has 0 atom stereocenters. The van der Waals surface area contributed by atoms with Crippen LogP contribution in [0.15, 0.2) is 48.4 Å². The lowest BCUT2D eigenvalue weighted by atomic mass is 10.2. The first-order valence-corrected chi connectivity index (χ1v) is 9.09. The Bertz CT molecular complexity index is 727. The normalized spacial score (nSPS) is 14.3. The molecule has 7 nitrogen and oxygen atoms in total. The highest BCUT2D eigenvalue weighted by atomic mass is 32.2. The van der Waals surface area contributed by atoms with Crippen molar-refractivity contribution in [2.75, 3.05) is 42.3 Å². The number of morpholine rings is 1. The number of nitrogens with one attached hydrogen (secondary N) is 1. The van der Waals surface area contributed by atoms with Gasteiger partial charge >= 0.3 is 0 Å². The number of ether oxygens (including phenoxy) is 1. The number of aromatic nitrogens is 3. The number of thioether (sulfide) groups is 1. The van der Waals surface area contributed by atoms with Crippen molar-refractivity contribution in [3.05, 3.63) is 43.2 Å². The van der Waals surface area contributed by atoms with E-state index < -0.39 is 0 Å². The Morgan fingerprint density at radius 3 is 2.96 bits per heavy atom. The van der Waals surface area contributed by atoms with Crippen LogP contribution in [0.1, 0.15) is 0 Å². The molecule has 0 bridgehead atoms. The number of allylic oxidation sites excluding steroid dienone is 1. The molecular weight excluding hydrogens is 338 g/mol. The third-order valence-corrected chi connectivity index (χ3v) is 4.75. The summed E-state index contributed by atoms with van der Waals surface area (Å²) in [7, 11) is 0. The molecule has 1 N–H and O–H groups in total. The third-order valence-electron chi connectivity index (χ3n) is 3.77. The van der Waals surface area contributed by atoms with Gasteiger partial charge in [0, 0.05) is 19.6 Å². The van der Waals surface area contributed by atoms with E-state index in [4.69, 9.17) is 4.74 Å². The minimum Gasteiger partial charge on any atom is -0.378 e. The Morgan fingerprint density at radius 2 is 2.16 bits per heavy atom. The molecule has 1 aromatic heterocycles. The topological polar surface area (TPSA) is 72.3 Å². The SMILES string of the molecule is C=CCn1cnnc1SCC(=O)Nc1ccccc1N1CCOCC1. The van der Waals surface area contributed by atoms with Crippen molar-refractivity contribution in [1.29, 1.82) is 0 Å². The predicted molar refractivity (Wildman–Crippen MR) is 99.0 cm³/mol. The molecule has 0 radical (unpaired) electrons. The summed E-state index contributed by atoms with van der Waals surface area (Å²) in [5, 5.41) is 11.6. The van der Waals surface area contributed by atoms with Gasteiger partial charge in [0.1, 0.15) is 6.33 Å². The summed E-state index contributed by atoms with van der Waals surface area (Å²) in [4.78, 5) is 14.6. The minimum atomic E-state index is -0.0705. The van der Waals surface area contributed by atoms with Crippen molar-refractivity contribution in [3.63, 3.8) is 0 Å². The molecular formula is C17H21N5O2S. The van der Waals surface area contributed by atoms with Gasteiger partial charge in [0.05, 0.1) is 30.3 Å². The molecule has 2 aromatic rings. The lowest BCUT2D eigenvalue weighted by Gasteiger charge is -2.30. The van der Waals surface area contributed by atoms with Gasteiger partial charge in [-0.3, -0.25) is 4.79 Å². The van der Waals surface area contributed by atoms with Crippen LogP contribution < -0.4 is 10.2 Å². The Morgan fingerprint density at radius 1 is 1.36 bits per heavy atom. The molecule has 8 heteroatoms. The largest absolute Gasteiger partial charge is 0.378 e. The predicted octanol–water partition coefficient (Wildman–Crippen LogP) is 2.03. The number of hydrogen-bond acceptors (Lipinski definition) is 6. The molecule has 1 fully saturated rings. The summed E-state index contributed by atoms with van der Waals surface area (Å²) in [6.45, 7) is 7.39. The Kier molecular flexibility index (Phi) is 6.08. The van der Waals surface area contributed by atoms with Gasteiger partial charge in [0.25, 0.3) is 0 Å². The van der Waals surface area contributed by atoms with Crippen LogP contribution in [0.25, 0.3) is 0 Å². The van der Waals surface area contributed by atoms with Gasteiger partial charge in [-0.25, -0.2) is 0 Å². The monoisotopic (exact) mass is 359 g/mol. The first-order valence-electron chi connectivity index (χ1n) is 8.11. The summed E-state index contributed by atoms with van der Waals surface area (Å²) in [6, 6.07) is 7.85. The van der Waals surface area contributed by atoms with Crippen LogP contribution in [0.4, 0.5) is 11.4 Å². The lowest BCUT2D eigenvalue weighted by Crippen LogP contribution is -2.36. The number of anilines is 2. The van der Waals surface area contributed by atoms with Gasteiger partial charge in [-0.15, -0.1) is 16.8 Å². The summed E-state index contributed by atoms with van der Waals surface area (Å²) in [5.41, 5.74) is 1.85. The first kappa shape index (κ1) is 17.5. The third kappa shape index (κ3) is 4.61. The molecule has 1 aliphatic heterocycles. The van der Waals surface area contributed by atoms with Crippen molar-refractivity contribution >= 4 is 29.0 Å². The molecule has 1 aliphatic rings. The van der Waals surface area contributed by atoms with Crippen molar-refractivity contribution in [1.82, 2.24) is 14.8 Å². The lowest BCUT2D eigenvalue weighted by molar-refractivity contribution is -0.113.